The van der Waals surface area contributed by atoms with Gasteiger partial charge < -0.3 is 19.9 Å². The number of rotatable bonds is 10. The lowest BCUT2D eigenvalue weighted by molar-refractivity contribution is -0.143. The number of aryl methyl sites for hydroxylation is 2. The van der Waals surface area contributed by atoms with E-state index in [1.807, 2.05) is 4.90 Å². The molecule has 0 aliphatic carbocycles. The second-order valence-electron chi connectivity index (χ2n) is 10.4. The molecule has 2 aromatic rings. The molecule has 0 radical (unpaired) electrons. The van der Waals surface area contributed by atoms with Crippen molar-refractivity contribution in [2.45, 2.75) is 76.0 Å². The quantitative estimate of drug-likeness (QED) is 0.432. The van der Waals surface area contributed by atoms with Crippen molar-refractivity contribution in [1.82, 2.24) is 9.88 Å². The summed E-state index contributed by atoms with van der Waals surface area (Å²) in [5, 5.41) is 13.6. The van der Waals surface area contributed by atoms with Crippen LogP contribution in [0, 0.1) is 5.82 Å². The molecule has 3 atom stereocenters. The molecule has 37 heavy (non-hydrogen) atoms. The first kappa shape index (κ1) is 26.1. The van der Waals surface area contributed by atoms with Gasteiger partial charge in [0.1, 0.15) is 11.9 Å². The Morgan fingerprint density at radius 1 is 1.22 bits per heavy atom. The zero-order valence-corrected chi connectivity index (χ0v) is 21.5. The predicted molar refractivity (Wildman–Crippen MR) is 139 cm³/mol. The summed E-state index contributed by atoms with van der Waals surface area (Å²) in [6.45, 7) is 3.45. The number of carboxylic acids is 1. The Bertz CT molecular complexity index is 1080. The van der Waals surface area contributed by atoms with Crippen LogP contribution in [0.4, 0.5) is 10.1 Å². The summed E-state index contributed by atoms with van der Waals surface area (Å²) in [5.74, 6) is -1.38. The van der Waals surface area contributed by atoms with E-state index >= 15 is 0 Å². The molecule has 2 fully saturated rings. The first-order valence-corrected chi connectivity index (χ1v) is 13.8. The molecule has 5 rings (SSSR count). The van der Waals surface area contributed by atoms with E-state index in [2.05, 4.69) is 17.4 Å². The van der Waals surface area contributed by atoms with E-state index in [9.17, 15) is 14.3 Å². The summed E-state index contributed by atoms with van der Waals surface area (Å²) in [7, 11) is 0. The molecule has 7 nitrogen and oxygen atoms in total. The molecule has 0 saturated carbocycles. The maximum absolute atomic E-state index is 14.3. The Hall–Kier alpha value is -2.55. The lowest BCUT2D eigenvalue weighted by atomic mass is 9.92. The third kappa shape index (κ3) is 6.48. The molecule has 3 aliphatic heterocycles. The van der Waals surface area contributed by atoms with Gasteiger partial charge in [0.25, 0.3) is 0 Å². The van der Waals surface area contributed by atoms with Crippen LogP contribution in [0.5, 0.6) is 0 Å². The van der Waals surface area contributed by atoms with Gasteiger partial charge in [0.15, 0.2) is 0 Å². The fourth-order valence-corrected chi connectivity index (χ4v) is 5.85. The van der Waals surface area contributed by atoms with Crippen LogP contribution < -0.4 is 5.32 Å². The number of aliphatic carboxylic acids is 1. The third-order valence-corrected chi connectivity index (χ3v) is 7.76. The van der Waals surface area contributed by atoms with Crippen molar-refractivity contribution in [1.29, 1.82) is 0 Å². The Morgan fingerprint density at radius 2 is 2.14 bits per heavy atom. The number of carbonyl (C=O) groups is 1. The van der Waals surface area contributed by atoms with Gasteiger partial charge in [-0.05, 0) is 93.2 Å². The minimum atomic E-state index is -0.962. The monoisotopic (exact) mass is 511 g/mol. The molecule has 2 N–H and O–H groups in total. The number of hydrogen-bond donors (Lipinski definition) is 2. The van der Waals surface area contributed by atoms with Crippen LogP contribution in [0.2, 0.25) is 0 Å². The molecule has 0 unspecified atom stereocenters. The minimum absolute atomic E-state index is 0.0160. The number of likely N-dealkylation sites (tertiary alicyclic amines) is 1. The molecule has 4 heterocycles. The van der Waals surface area contributed by atoms with Crippen molar-refractivity contribution >= 4 is 11.7 Å². The molecule has 3 aliphatic rings. The number of ether oxygens (including phenoxy) is 2. The van der Waals surface area contributed by atoms with Crippen LogP contribution in [0.3, 0.4) is 0 Å². The fourth-order valence-electron chi connectivity index (χ4n) is 5.85. The summed E-state index contributed by atoms with van der Waals surface area (Å²) >= 11 is 0. The number of benzene rings is 1. The van der Waals surface area contributed by atoms with Crippen molar-refractivity contribution in [2.24, 2.45) is 0 Å². The number of pyridine rings is 1. The first-order valence-electron chi connectivity index (χ1n) is 13.8. The molecule has 1 aromatic heterocycles. The van der Waals surface area contributed by atoms with Crippen LogP contribution in [0.1, 0.15) is 79.6 Å². The van der Waals surface area contributed by atoms with Gasteiger partial charge in [-0.3, -0.25) is 14.7 Å². The van der Waals surface area contributed by atoms with Gasteiger partial charge in [0, 0.05) is 38.5 Å². The average molecular weight is 512 g/mol. The molecule has 2 saturated heterocycles. The SMILES string of the molecule is O=C(O)[C@@H](c1cc(F)ccc1[C@H]1CCCCO1)N1CC[C@@H](OCCCCc2ccc3c(n2)CCCN3)C1. The number of hydrogen-bond acceptors (Lipinski definition) is 6. The Balaban J connectivity index is 1.13. The van der Waals surface area contributed by atoms with Crippen molar-refractivity contribution < 1.29 is 23.8 Å². The maximum atomic E-state index is 14.3. The van der Waals surface area contributed by atoms with E-state index in [1.165, 1.54) is 23.5 Å². The van der Waals surface area contributed by atoms with Gasteiger partial charge in [-0.15, -0.1) is 0 Å². The van der Waals surface area contributed by atoms with Gasteiger partial charge in [0.05, 0.1) is 23.6 Å². The number of anilines is 1. The second kappa shape index (κ2) is 12.3. The smallest absolute Gasteiger partial charge is 0.325 e. The summed E-state index contributed by atoms with van der Waals surface area (Å²) < 4.78 is 26.3. The predicted octanol–water partition coefficient (Wildman–Crippen LogP) is 5.06. The number of nitrogens with one attached hydrogen (secondary N) is 1. The van der Waals surface area contributed by atoms with Crippen LogP contribution in [0.15, 0.2) is 30.3 Å². The number of halogens is 1. The summed E-state index contributed by atoms with van der Waals surface area (Å²) in [4.78, 5) is 19.1. The standard InChI is InChI=1S/C29H38FN3O4/c30-20-9-11-23(27-8-2-4-17-37-27)24(18-20)28(29(34)35)33-15-13-22(19-33)36-16-3-1-6-21-10-12-25-26(32-21)7-5-14-31-25/h9-12,18,22,27-28,31H,1-8,13-17,19H2,(H,34,35)/t22-,27-,28-/m1/s1. The van der Waals surface area contributed by atoms with Crippen molar-refractivity contribution in [3.8, 4) is 0 Å². The number of aromatic nitrogens is 1. The number of fused-ring (bicyclic) bond motifs is 1. The molecule has 0 amide bonds. The lowest BCUT2D eigenvalue weighted by Crippen LogP contribution is -2.34. The Morgan fingerprint density at radius 3 is 2.97 bits per heavy atom. The average Bonchev–Trinajstić information content (AvgIpc) is 3.37. The first-order chi connectivity index (χ1) is 18.1. The summed E-state index contributed by atoms with van der Waals surface area (Å²) in [5.41, 5.74) is 4.78. The Labute approximate surface area is 218 Å². The lowest BCUT2D eigenvalue weighted by Gasteiger charge is -2.30. The molecular weight excluding hydrogens is 473 g/mol. The number of unbranched alkanes of at least 4 members (excludes halogenated alkanes) is 1. The molecule has 0 bridgehead atoms. The molecule has 200 valence electrons. The van der Waals surface area contributed by atoms with Crippen molar-refractivity contribution in [3.05, 3.63) is 58.7 Å². The van der Waals surface area contributed by atoms with Crippen molar-refractivity contribution in [3.63, 3.8) is 0 Å². The van der Waals surface area contributed by atoms with Gasteiger partial charge in [-0.25, -0.2) is 4.39 Å². The van der Waals surface area contributed by atoms with Gasteiger partial charge in [-0.1, -0.05) is 6.07 Å². The van der Waals surface area contributed by atoms with Gasteiger partial charge in [-0.2, -0.15) is 0 Å². The van der Waals surface area contributed by atoms with E-state index in [0.717, 1.165) is 75.6 Å². The van der Waals surface area contributed by atoms with Crippen LogP contribution in [0.25, 0.3) is 0 Å². The molecule has 1 aromatic carbocycles. The van der Waals surface area contributed by atoms with E-state index in [1.54, 1.807) is 6.07 Å². The highest BCUT2D eigenvalue weighted by Crippen LogP contribution is 2.36. The highest BCUT2D eigenvalue weighted by Gasteiger charge is 2.36. The van der Waals surface area contributed by atoms with Crippen LogP contribution in [-0.4, -0.2) is 59.9 Å². The van der Waals surface area contributed by atoms with Crippen LogP contribution in [-0.2, 0) is 27.1 Å². The van der Waals surface area contributed by atoms with E-state index in [0.29, 0.717) is 31.9 Å². The molecular formula is C29H38FN3O4. The minimum Gasteiger partial charge on any atom is -0.480 e. The largest absolute Gasteiger partial charge is 0.480 e. The van der Waals surface area contributed by atoms with Crippen molar-refractivity contribution in [2.75, 3.05) is 38.2 Å². The van der Waals surface area contributed by atoms with E-state index < -0.39 is 17.8 Å². The molecule has 8 heteroatoms. The zero-order chi connectivity index (χ0) is 25.6. The topological polar surface area (TPSA) is 83.9 Å². The highest BCUT2D eigenvalue weighted by atomic mass is 19.1. The zero-order valence-electron chi connectivity index (χ0n) is 21.5. The third-order valence-electron chi connectivity index (χ3n) is 7.76. The normalized spacial score (nSPS) is 22.8. The van der Waals surface area contributed by atoms with Crippen LogP contribution >= 0.6 is 0 Å². The van der Waals surface area contributed by atoms with E-state index in [-0.39, 0.29) is 12.2 Å². The number of nitrogens with zero attached hydrogens (tertiary/aromatic N) is 2. The second-order valence-corrected chi connectivity index (χ2v) is 10.4. The maximum Gasteiger partial charge on any atom is 0.325 e. The van der Waals surface area contributed by atoms with Gasteiger partial charge in [0.2, 0.25) is 0 Å². The Kier molecular flexibility index (Phi) is 8.69. The highest BCUT2D eigenvalue weighted by molar-refractivity contribution is 5.76. The van der Waals surface area contributed by atoms with E-state index in [4.69, 9.17) is 14.5 Å². The summed E-state index contributed by atoms with van der Waals surface area (Å²) in [6.07, 6.45) is 8.47. The molecule has 0 spiro atoms. The fraction of sp³-hybridized carbons (Fsp3) is 0.586. The number of carboxylic acid groups (broad SMARTS) is 1. The van der Waals surface area contributed by atoms with Gasteiger partial charge >= 0.3 is 5.97 Å². The summed E-state index contributed by atoms with van der Waals surface area (Å²) in [6, 6.07) is 7.83.